The predicted molar refractivity (Wildman–Crippen MR) is 147 cm³/mol. The number of aryl methyl sites for hydroxylation is 2. The maximum atomic E-state index is 13.6. The number of carbonyl (C=O) groups is 1. The first-order valence-electron chi connectivity index (χ1n) is 12.4. The number of halogens is 1. The Morgan fingerprint density at radius 2 is 1.90 bits per heavy atom. The van der Waals surface area contributed by atoms with E-state index in [4.69, 9.17) is 5.41 Å². The highest BCUT2D eigenvalue weighted by molar-refractivity contribution is 7.82. The van der Waals surface area contributed by atoms with E-state index in [-0.39, 0.29) is 23.3 Å². The molecule has 1 aliphatic heterocycles. The molecule has 1 fully saturated rings. The molecule has 2 atom stereocenters. The van der Waals surface area contributed by atoms with Crippen LogP contribution in [0.1, 0.15) is 28.3 Å². The quantitative estimate of drug-likeness (QED) is 0.324. The molecule has 0 spiro atoms. The lowest BCUT2D eigenvalue weighted by molar-refractivity contribution is -0.138. The number of hydrogen-bond acceptors (Lipinski definition) is 6. The van der Waals surface area contributed by atoms with Crippen LogP contribution in [0.4, 0.5) is 15.8 Å². The van der Waals surface area contributed by atoms with Crippen molar-refractivity contribution >= 4 is 34.5 Å². The number of rotatable bonds is 8. The Kier molecular flexibility index (Phi) is 7.62. The molecule has 5 rings (SSSR count). The van der Waals surface area contributed by atoms with Gasteiger partial charge in [0, 0.05) is 43.3 Å². The Morgan fingerprint density at radius 1 is 1.15 bits per heavy atom. The van der Waals surface area contributed by atoms with E-state index in [0.717, 1.165) is 16.7 Å². The zero-order valence-electron chi connectivity index (χ0n) is 21.5. The van der Waals surface area contributed by atoms with Crippen LogP contribution in [0.3, 0.4) is 0 Å². The van der Waals surface area contributed by atoms with Gasteiger partial charge in [-0.25, -0.2) is 12.9 Å². The van der Waals surface area contributed by atoms with Crippen molar-refractivity contribution in [1.29, 1.82) is 5.41 Å². The summed E-state index contributed by atoms with van der Waals surface area (Å²) < 4.78 is 28.4. The summed E-state index contributed by atoms with van der Waals surface area (Å²) in [4.78, 5) is 16.7. The van der Waals surface area contributed by atoms with Gasteiger partial charge in [-0.1, -0.05) is 30.3 Å². The van der Waals surface area contributed by atoms with Gasteiger partial charge < -0.3 is 15.6 Å². The molecule has 4 aromatic rings. The zero-order valence-corrected chi connectivity index (χ0v) is 22.4. The number of hydrogen-bond donors (Lipinski definition) is 2. The maximum absolute atomic E-state index is 13.6. The summed E-state index contributed by atoms with van der Waals surface area (Å²) in [6.07, 6.45) is 2.69. The summed E-state index contributed by atoms with van der Waals surface area (Å²) in [7, 11) is -0.0196. The Hall–Kier alpha value is -4.22. The fraction of sp³-hybridized carbons (Fsp3) is 0.214. The molecule has 3 aromatic carbocycles. The second kappa shape index (κ2) is 11.3. The van der Waals surface area contributed by atoms with Crippen LogP contribution in [-0.2, 0) is 29.4 Å². The van der Waals surface area contributed by atoms with Gasteiger partial charge in [0.25, 0.3) is 0 Å². The standard InChI is InChI=1S/C28H28FN7O2S/c1-19-12-25(32-23-10-8-22(29)9-11-23)21(14-30)13-24(19)26-17-35(39(38)27-15-31-34(2)33-27)18-28(37)36(26)16-20-6-4-3-5-7-20/h3-15,26,30,32H,16-18H2,1-2H3. The van der Waals surface area contributed by atoms with Crippen molar-refractivity contribution < 1.29 is 13.4 Å². The van der Waals surface area contributed by atoms with Crippen molar-refractivity contribution in [2.45, 2.75) is 24.5 Å². The topological polar surface area (TPSA) is 107 Å². The summed E-state index contributed by atoms with van der Waals surface area (Å²) in [5.41, 5.74) is 4.72. The molecule has 1 aliphatic rings. The Bertz CT molecular complexity index is 1520. The Balaban J connectivity index is 1.51. The predicted octanol–water partition coefficient (Wildman–Crippen LogP) is 4.11. The number of benzene rings is 3. The monoisotopic (exact) mass is 545 g/mol. The SMILES string of the molecule is Cc1cc(Nc2ccc(F)cc2)c(C=N)cc1C1CN(S(=O)c2cnn(C)n2)CC(=O)N1Cc1ccccc1. The number of piperazine rings is 1. The summed E-state index contributed by atoms with van der Waals surface area (Å²) in [5, 5.41) is 19.8. The van der Waals surface area contributed by atoms with E-state index in [1.165, 1.54) is 29.3 Å². The minimum absolute atomic E-state index is 0.0206. The van der Waals surface area contributed by atoms with Gasteiger partial charge in [0.2, 0.25) is 5.91 Å². The largest absolute Gasteiger partial charge is 0.355 e. The van der Waals surface area contributed by atoms with Gasteiger partial charge in [0.05, 0.1) is 18.8 Å². The third-order valence-electron chi connectivity index (χ3n) is 6.65. The lowest BCUT2D eigenvalue weighted by atomic mass is 9.94. The van der Waals surface area contributed by atoms with Crippen molar-refractivity contribution in [3.05, 3.63) is 101 Å². The van der Waals surface area contributed by atoms with Crippen LogP contribution < -0.4 is 5.32 Å². The van der Waals surface area contributed by atoms with Crippen LogP contribution in [0, 0.1) is 18.2 Å². The second-order valence-electron chi connectivity index (χ2n) is 9.34. The highest BCUT2D eigenvalue weighted by Gasteiger charge is 2.37. The number of nitrogens with one attached hydrogen (secondary N) is 2. The molecule has 0 bridgehead atoms. The van der Waals surface area contributed by atoms with Crippen LogP contribution >= 0.6 is 0 Å². The number of amides is 1. The molecule has 200 valence electrons. The summed E-state index contributed by atoms with van der Waals surface area (Å²) in [5.74, 6) is -0.486. The van der Waals surface area contributed by atoms with Gasteiger partial charge in [-0.3, -0.25) is 4.79 Å². The molecule has 39 heavy (non-hydrogen) atoms. The van der Waals surface area contributed by atoms with E-state index in [1.54, 1.807) is 23.5 Å². The molecule has 0 radical (unpaired) electrons. The third kappa shape index (κ3) is 5.79. The maximum Gasteiger partial charge on any atom is 0.238 e. The summed E-state index contributed by atoms with van der Waals surface area (Å²) >= 11 is 0. The lowest BCUT2D eigenvalue weighted by Crippen LogP contribution is -2.52. The van der Waals surface area contributed by atoms with E-state index in [0.29, 0.717) is 30.0 Å². The first kappa shape index (κ1) is 26.4. The fourth-order valence-electron chi connectivity index (χ4n) is 4.70. The van der Waals surface area contributed by atoms with Crippen LogP contribution in [0.2, 0.25) is 0 Å². The molecular formula is C28H28FN7O2S. The minimum atomic E-state index is -1.67. The van der Waals surface area contributed by atoms with Gasteiger partial charge >= 0.3 is 0 Å². The fourth-order valence-corrected chi connectivity index (χ4v) is 5.79. The average Bonchev–Trinajstić information content (AvgIpc) is 3.37. The molecule has 2 N–H and O–H groups in total. The molecule has 0 aliphatic carbocycles. The van der Waals surface area contributed by atoms with E-state index >= 15 is 0 Å². The first-order valence-corrected chi connectivity index (χ1v) is 13.5. The van der Waals surface area contributed by atoms with E-state index in [9.17, 15) is 13.4 Å². The highest BCUT2D eigenvalue weighted by Crippen LogP contribution is 2.34. The van der Waals surface area contributed by atoms with Crippen LogP contribution in [0.5, 0.6) is 0 Å². The van der Waals surface area contributed by atoms with Crippen LogP contribution in [0.25, 0.3) is 0 Å². The van der Waals surface area contributed by atoms with Gasteiger partial charge in [-0.2, -0.15) is 9.90 Å². The molecule has 9 nitrogen and oxygen atoms in total. The van der Waals surface area contributed by atoms with Crippen molar-refractivity contribution in [2.24, 2.45) is 7.05 Å². The smallest absolute Gasteiger partial charge is 0.238 e. The Morgan fingerprint density at radius 3 is 2.56 bits per heavy atom. The molecule has 1 saturated heterocycles. The molecule has 11 heteroatoms. The minimum Gasteiger partial charge on any atom is -0.355 e. The van der Waals surface area contributed by atoms with Crippen molar-refractivity contribution in [3.63, 3.8) is 0 Å². The molecule has 1 amide bonds. The van der Waals surface area contributed by atoms with Crippen LogP contribution in [0.15, 0.2) is 78.0 Å². The van der Waals surface area contributed by atoms with E-state index < -0.39 is 17.0 Å². The highest BCUT2D eigenvalue weighted by atomic mass is 32.2. The molecular weight excluding hydrogens is 517 g/mol. The Labute approximate surface area is 228 Å². The van der Waals surface area contributed by atoms with Gasteiger partial charge in [-0.15, -0.1) is 5.10 Å². The third-order valence-corrected chi connectivity index (χ3v) is 7.94. The summed E-state index contributed by atoms with van der Waals surface area (Å²) in [6, 6.07) is 19.1. The first-order chi connectivity index (χ1) is 18.8. The molecule has 2 unspecified atom stereocenters. The van der Waals surface area contributed by atoms with E-state index in [1.807, 2.05) is 54.3 Å². The summed E-state index contributed by atoms with van der Waals surface area (Å²) in [6.45, 7) is 2.63. The average molecular weight is 546 g/mol. The number of nitrogens with zero attached hydrogens (tertiary/aromatic N) is 5. The van der Waals surface area contributed by atoms with Gasteiger partial charge in [0.15, 0.2) is 16.0 Å². The number of aromatic nitrogens is 3. The molecule has 0 saturated carbocycles. The van der Waals surface area contributed by atoms with Crippen molar-refractivity contribution in [3.8, 4) is 0 Å². The normalized spacial score (nSPS) is 16.7. The van der Waals surface area contributed by atoms with Gasteiger partial charge in [-0.05, 0) is 60.0 Å². The zero-order chi connectivity index (χ0) is 27.5. The van der Waals surface area contributed by atoms with Crippen molar-refractivity contribution in [1.82, 2.24) is 24.2 Å². The van der Waals surface area contributed by atoms with Gasteiger partial charge in [0.1, 0.15) is 5.82 Å². The number of anilines is 2. The lowest BCUT2D eigenvalue weighted by Gasteiger charge is -2.41. The van der Waals surface area contributed by atoms with Crippen LogP contribution in [-0.4, -0.2) is 53.6 Å². The molecule has 1 aromatic heterocycles. The second-order valence-corrected chi connectivity index (χ2v) is 10.8. The molecule has 2 heterocycles. The van der Waals surface area contributed by atoms with E-state index in [2.05, 4.69) is 15.5 Å². The number of carbonyl (C=O) groups excluding carboxylic acids is 1. The van der Waals surface area contributed by atoms with Crippen molar-refractivity contribution in [2.75, 3.05) is 18.4 Å².